The molecule has 1 heterocycles. The Labute approximate surface area is 134 Å². The molecule has 4 nitrogen and oxygen atoms in total. The molecule has 0 fully saturated rings. The Hall–Kier alpha value is -2.75. The number of carbonyl (C=O) groups excluding carboxylic acids is 1. The zero-order chi connectivity index (χ0) is 16.0. The molecule has 0 aromatic heterocycles. The summed E-state index contributed by atoms with van der Waals surface area (Å²) < 4.78 is 0. The third kappa shape index (κ3) is 2.02. The van der Waals surface area contributed by atoms with Crippen molar-refractivity contribution < 1.29 is 4.79 Å². The summed E-state index contributed by atoms with van der Waals surface area (Å²) in [4.78, 5) is 12.2. The van der Waals surface area contributed by atoms with Crippen molar-refractivity contribution in [3.8, 4) is 0 Å². The molecule has 3 aromatic carbocycles. The lowest BCUT2D eigenvalue weighted by molar-refractivity contribution is 0.100. The summed E-state index contributed by atoms with van der Waals surface area (Å²) in [7, 11) is 0. The average molecular weight is 303 g/mol. The summed E-state index contributed by atoms with van der Waals surface area (Å²) in [5.74, 6) is -0.297. The van der Waals surface area contributed by atoms with Gasteiger partial charge in [-0.15, -0.1) is 10.2 Å². The van der Waals surface area contributed by atoms with Gasteiger partial charge < -0.3 is 5.73 Å². The normalized spacial score (nSPS) is 13.2. The smallest absolute Gasteiger partial charge is 0.298 e. The van der Waals surface area contributed by atoms with Crippen molar-refractivity contribution in [3.63, 3.8) is 0 Å². The van der Waals surface area contributed by atoms with Crippen LogP contribution in [0.15, 0.2) is 46.6 Å². The number of fused-ring (bicyclic) bond motifs is 4. The van der Waals surface area contributed by atoms with Crippen LogP contribution < -0.4 is 5.73 Å². The second-order valence-corrected chi connectivity index (χ2v) is 5.97. The summed E-state index contributed by atoms with van der Waals surface area (Å²) in [6.45, 7) is 2.16. The van der Waals surface area contributed by atoms with Crippen molar-refractivity contribution >= 4 is 38.8 Å². The summed E-state index contributed by atoms with van der Waals surface area (Å²) in [6, 6.07) is 12.4. The second-order valence-electron chi connectivity index (χ2n) is 5.97. The largest absolute Gasteiger partial charge is 0.397 e. The number of hydrogen-bond acceptors (Lipinski definition) is 3. The van der Waals surface area contributed by atoms with E-state index in [1.807, 2.05) is 12.1 Å². The van der Waals surface area contributed by atoms with Gasteiger partial charge in [0.25, 0.3) is 5.91 Å². The molecule has 23 heavy (non-hydrogen) atoms. The fourth-order valence-electron chi connectivity index (χ4n) is 3.34. The summed E-state index contributed by atoms with van der Waals surface area (Å²) in [5.41, 5.74) is 9.12. The highest BCUT2D eigenvalue weighted by Crippen LogP contribution is 2.43. The van der Waals surface area contributed by atoms with E-state index in [0.717, 1.165) is 46.4 Å². The minimum Gasteiger partial charge on any atom is -0.397 e. The van der Waals surface area contributed by atoms with Gasteiger partial charge in [0.05, 0.1) is 11.3 Å². The lowest BCUT2D eigenvalue weighted by Gasteiger charge is -2.14. The number of anilines is 1. The number of nitrogens with two attached hydrogens (primary N) is 1. The van der Waals surface area contributed by atoms with Crippen molar-refractivity contribution in [2.24, 2.45) is 10.2 Å². The molecule has 0 saturated carbocycles. The summed E-state index contributed by atoms with van der Waals surface area (Å²) in [5, 5.41) is 12.0. The third-order valence-electron chi connectivity index (χ3n) is 4.53. The van der Waals surface area contributed by atoms with E-state index >= 15 is 0 Å². The maximum Gasteiger partial charge on any atom is 0.298 e. The lowest BCUT2D eigenvalue weighted by atomic mass is 9.91. The summed E-state index contributed by atoms with van der Waals surface area (Å²) >= 11 is 0. The quantitative estimate of drug-likeness (QED) is 0.536. The Balaban J connectivity index is 2.14. The predicted molar refractivity (Wildman–Crippen MR) is 93.3 cm³/mol. The molecule has 4 rings (SSSR count). The van der Waals surface area contributed by atoms with E-state index in [0.29, 0.717) is 16.9 Å². The maximum absolute atomic E-state index is 12.2. The number of nitrogen functional groups attached to an aromatic ring is 1. The van der Waals surface area contributed by atoms with Gasteiger partial charge in [0.2, 0.25) is 0 Å². The molecule has 114 valence electrons. The zero-order valence-corrected chi connectivity index (χ0v) is 13.0. The van der Waals surface area contributed by atoms with Crippen LogP contribution in [-0.4, -0.2) is 5.91 Å². The van der Waals surface area contributed by atoms with Gasteiger partial charge >= 0.3 is 0 Å². The Morgan fingerprint density at radius 3 is 2.43 bits per heavy atom. The van der Waals surface area contributed by atoms with Crippen LogP contribution in [0.5, 0.6) is 0 Å². The van der Waals surface area contributed by atoms with Crippen LogP contribution >= 0.6 is 0 Å². The second kappa shape index (κ2) is 5.16. The van der Waals surface area contributed by atoms with Crippen LogP contribution in [0.3, 0.4) is 0 Å². The van der Waals surface area contributed by atoms with Gasteiger partial charge in [0, 0.05) is 0 Å². The number of benzene rings is 3. The highest BCUT2D eigenvalue weighted by molar-refractivity contribution is 6.19. The first-order valence-electron chi connectivity index (χ1n) is 7.93. The number of rotatable bonds is 3. The third-order valence-corrected chi connectivity index (χ3v) is 4.53. The van der Waals surface area contributed by atoms with Crippen molar-refractivity contribution in [1.29, 1.82) is 0 Å². The van der Waals surface area contributed by atoms with E-state index in [1.165, 1.54) is 0 Å². The summed E-state index contributed by atoms with van der Waals surface area (Å²) in [6.07, 6.45) is 3.02. The topological polar surface area (TPSA) is 67.8 Å². The van der Waals surface area contributed by atoms with Gasteiger partial charge in [-0.05, 0) is 52.1 Å². The standard InChI is InChI=1S/C19H17N3O/c1-2-3-8-13-14-9-11-6-4-5-7-12(11)10-15(14)16-18(17(13)20)21-22-19(16)23/h4-7,9-10H,2-3,8,20H2,1H3. The van der Waals surface area contributed by atoms with Gasteiger partial charge in [-0.1, -0.05) is 37.6 Å². The number of unbranched alkanes of at least 4 members (excludes halogenated alkanes) is 1. The molecule has 0 radical (unpaired) electrons. The molecule has 3 aromatic rings. The zero-order valence-electron chi connectivity index (χ0n) is 13.0. The van der Waals surface area contributed by atoms with Gasteiger partial charge in [0.15, 0.2) is 0 Å². The molecular formula is C19H17N3O. The van der Waals surface area contributed by atoms with Crippen molar-refractivity contribution in [3.05, 3.63) is 47.5 Å². The van der Waals surface area contributed by atoms with E-state index < -0.39 is 0 Å². The van der Waals surface area contributed by atoms with Gasteiger partial charge in [-0.3, -0.25) is 4.79 Å². The molecule has 1 aliphatic rings. The minimum atomic E-state index is -0.297. The van der Waals surface area contributed by atoms with E-state index in [1.54, 1.807) is 0 Å². The Morgan fingerprint density at radius 2 is 1.74 bits per heavy atom. The number of amides is 1. The van der Waals surface area contributed by atoms with Crippen molar-refractivity contribution in [1.82, 2.24) is 0 Å². The predicted octanol–water partition coefficient (Wildman–Crippen LogP) is 5.16. The van der Waals surface area contributed by atoms with Crippen LogP contribution in [-0.2, 0) is 6.42 Å². The average Bonchev–Trinajstić information content (AvgIpc) is 2.96. The SMILES string of the molecule is CCCCc1c(N)c2c(c3cc4ccccc4cc13)C(=O)N=N2. The molecule has 0 saturated heterocycles. The first-order chi connectivity index (χ1) is 11.2. The van der Waals surface area contributed by atoms with E-state index in [4.69, 9.17) is 5.73 Å². The molecule has 1 amide bonds. The van der Waals surface area contributed by atoms with Crippen LogP contribution in [0, 0.1) is 0 Å². The van der Waals surface area contributed by atoms with Crippen LogP contribution in [0.2, 0.25) is 0 Å². The van der Waals surface area contributed by atoms with Gasteiger partial charge in [-0.2, -0.15) is 0 Å². The minimum absolute atomic E-state index is 0.297. The lowest BCUT2D eigenvalue weighted by Crippen LogP contribution is -2.01. The van der Waals surface area contributed by atoms with Gasteiger partial charge in [-0.25, -0.2) is 0 Å². The number of carbonyl (C=O) groups is 1. The molecule has 0 atom stereocenters. The molecular weight excluding hydrogens is 286 g/mol. The van der Waals surface area contributed by atoms with E-state index in [2.05, 4.69) is 41.4 Å². The fraction of sp³-hybridized carbons (Fsp3) is 0.211. The molecule has 1 aliphatic heterocycles. The van der Waals surface area contributed by atoms with Crippen LogP contribution in [0.1, 0.15) is 35.7 Å². The number of aryl methyl sites for hydroxylation is 1. The molecule has 2 N–H and O–H groups in total. The highest BCUT2D eigenvalue weighted by atomic mass is 16.2. The van der Waals surface area contributed by atoms with Gasteiger partial charge in [0.1, 0.15) is 5.69 Å². The van der Waals surface area contributed by atoms with E-state index in [9.17, 15) is 4.79 Å². The maximum atomic E-state index is 12.2. The molecule has 0 aliphatic carbocycles. The molecule has 0 spiro atoms. The van der Waals surface area contributed by atoms with Crippen molar-refractivity contribution in [2.75, 3.05) is 5.73 Å². The number of azo groups is 1. The Morgan fingerprint density at radius 1 is 1.04 bits per heavy atom. The van der Waals surface area contributed by atoms with Crippen molar-refractivity contribution in [2.45, 2.75) is 26.2 Å². The monoisotopic (exact) mass is 303 g/mol. The highest BCUT2D eigenvalue weighted by Gasteiger charge is 2.26. The number of nitrogens with zero attached hydrogens (tertiary/aromatic N) is 2. The molecule has 0 bridgehead atoms. The molecule has 0 unspecified atom stereocenters. The first-order valence-corrected chi connectivity index (χ1v) is 7.93. The Kier molecular flexibility index (Phi) is 3.11. The molecule has 4 heteroatoms. The van der Waals surface area contributed by atoms with Crippen LogP contribution in [0.25, 0.3) is 21.5 Å². The van der Waals surface area contributed by atoms with E-state index in [-0.39, 0.29) is 5.91 Å². The number of hydrogen-bond donors (Lipinski definition) is 1. The van der Waals surface area contributed by atoms with Crippen LogP contribution in [0.4, 0.5) is 11.4 Å². The Bertz CT molecular complexity index is 989. The fourth-order valence-corrected chi connectivity index (χ4v) is 3.34. The first kappa shape index (κ1) is 13.9.